The molecule has 0 aromatic heterocycles. The lowest BCUT2D eigenvalue weighted by Gasteiger charge is -2.38. The van der Waals surface area contributed by atoms with E-state index in [1.54, 1.807) is 7.11 Å². The first-order valence-corrected chi connectivity index (χ1v) is 9.08. The summed E-state index contributed by atoms with van der Waals surface area (Å²) >= 11 is 0. The highest BCUT2D eigenvalue weighted by atomic mass is 16.5. The van der Waals surface area contributed by atoms with Gasteiger partial charge >= 0.3 is 0 Å². The van der Waals surface area contributed by atoms with Gasteiger partial charge in [0.2, 0.25) is 0 Å². The van der Waals surface area contributed by atoms with E-state index in [1.165, 1.54) is 5.56 Å². The molecular weight excluding hydrogens is 322 g/mol. The summed E-state index contributed by atoms with van der Waals surface area (Å²) in [5.74, 6) is 1.97. The van der Waals surface area contributed by atoms with Gasteiger partial charge in [-0.15, -0.1) is 0 Å². The van der Waals surface area contributed by atoms with Crippen LogP contribution in [0, 0.1) is 5.92 Å². The maximum Gasteiger partial charge on any atom is 0.121 e. The predicted octanol–water partition coefficient (Wildman–Crippen LogP) is 5.38. The first kappa shape index (κ1) is 15.3. The SMILES string of the molecule is COc1ccc2c(c1)C1C=CCC1C(c1c(O)ccc3ccccc13)N2. The number of nitrogens with one attached hydrogen (secondary N) is 1. The van der Waals surface area contributed by atoms with Crippen molar-refractivity contribution >= 4 is 16.5 Å². The molecular formula is C23H21NO2. The van der Waals surface area contributed by atoms with Crippen molar-refractivity contribution in [2.75, 3.05) is 12.4 Å². The second kappa shape index (κ2) is 5.80. The molecule has 1 aliphatic carbocycles. The van der Waals surface area contributed by atoms with Crippen LogP contribution in [0.15, 0.2) is 66.7 Å². The summed E-state index contributed by atoms with van der Waals surface area (Å²) in [4.78, 5) is 0. The lowest BCUT2D eigenvalue weighted by Crippen LogP contribution is -2.29. The van der Waals surface area contributed by atoms with Gasteiger partial charge < -0.3 is 15.2 Å². The number of benzene rings is 3. The van der Waals surface area contributed by atoms with E-state index in [0.29, 0.717) is 17.6 Å². The van der Waals surface area contributed by atoms with E-state index < -0.39 is 0 Å². The number of hydrogen-bond acceptors (Lipinski definition) is 3. The Bertz CT molecular complexity index is 1020. The summed E-state index contributed by atoms with van der Waals surface area (Å²) in [7, 11) is 1.71. The number of allylic oxidation sites excluding steroid dienone is 2. The van der Waals surface area contributed by atoms with E-state index in [9.17, 15) is 5.11 Å². The molecule has 3 heteroatoms. The van der Waals surface area contributed by atoms with E-state index >= 15 is 0 Å². The minimum atomic E-state index is 0.0713. The molecule has 0 saturated heterocycles. The van der Waals surface area contributed by atoms with Crippen molar-refractivity contribution in [2.24, 2.45) is 5.92 Å². The number of hydrogen-bond donors (Lipinski definition) is 2. The van der Waals surface area contributed by atoms with Gasteiger partial charge in [-0.3, -0.25) is 0 Å². The van der Waals surface area contributed by atoms with Gasteiger partial charge in [0.25, 0.3) is 0 Å². The third-order valence-electron chi connectivity index (χ3n) is 5.83. The topological polar surface area (TPSA) is 41.5 Å². The fraction of sp³-hybridized carbons (Fsp3) is 0.217. The Labute approximate surface area is 152 Å². The van der Waals surface area contributed by atoms with E-state index in [1.807, 2.05) is 30.3 Å². The minimum absolute atomic E-state index is 0.0713. The summed E-state index contributed by atoms with van der Waals surface area (Å²) in [6.07, 6.45) is 5.57. The van der Waals surface area contributed by atoms with Crippen molar-refractivity contribution in [1.29, 1.82) is 0 Å². The molecule has 3 aromatic rings. The molecule has 0 fully saturated rings. The fourth-order valence-electron chi connectivity index (χ4n) is 4.60. The highest BCUT2D eigenvalue weighted by Crippen LogP contribution is 2.52. The van der Waals surface area contributed by atoms with Crippen LogP contribution in [0.5, 0.6) is 11.5 Å². The molecule has 1 aliphatic heterocycles. The van der Waals surface area contributed by atoms with Crippen molar-refractivity contribution in [3.63, 3.8) is 0 Å². The predicted molar refractivity (Wildman–Crippen MR) is 105 cm³/mol. The zero-order chi connectivity index (χ0) is 17.7. The number of ether oxygens (including phenoxy) is 1. The second-order valence-electron chi connectivity index (χ2n) is 7.15. The summed E-state index contributed by atoms with van der Waals surface area (Å²) in [5, 5.41) is 16.7. The number of phenols is 1. The van der Waals surface area contributed by atoms with Crippen LogP contribution in [-0.4, -0.2) is 12.2 Å². The van der Waals surface area contributed by atoms with Crippen LogP contribution >= 0.6 is 0 Å². The highest BCUT2D eigenvalue weighted by Gasteiger charge is 2.39. The second-order valence-corrected chi connectivity index (χ2v) is 7.15. The highest BCUT2D eigenvalue weighted by molar-refractivity contribution is 5.89. The van der Waals surface area contributed by atoms with E-state index in [4.69, 9.17) is 4.74 Å². The van der Waals surface area contributed by atoms with Crippen molar-refractivity contribution in [2.45, 2.75) is 18.4 Å². The van der Waals surface area contributed by atoms with Gasteiger partial charge in [-0.05, 0) is 52.9 Å². The summed E-state index contributed by atoms with van der Waals surface area (Å²) < 4.78 is 5.43. The standard InChI is InChI=1S/C23H21NO2/c1-26-15-10-11-20-19(13-15)17-7-4-8-18(17)23(24-20)22-16-6-3-2-5-14(16)9-12-21(22)25/h2-7,9-13,17-18,23-25H,8H2,1H3. The van der Waals surface area contributed by atoms with Crippen LogP contribution in [0.4, 0.5) is 5.69 Å². The molecule has 0 radical (unpaired) electrons. The van der Waals surface area contributed by atoms with Crippen LogP contribution in [0.25, 0.3) is 10.8 Å². The normalized spacial score (nSPS) is 23.3. The van der Waals surface area contributed by atoms with Crippen LogP contribution in [0.3, 0.4) is 0 Å². The van der Waals surface area contributed by atoms with Crippen LogP contribution in [0.1, 0.15) is 29.5 Å². The molecule has 1 heterocycles. The zero-order valence-corrected chi connectivity index (χ0v) is 14.6. The Hall–Kier alpha value is -2.94. The molecule has 2 aliphatic rings. The average molecular weight is 343 g/mol. The van der Waals surface area contributed by atoms with E-state index in [-0.39, 0.29) is 6.04 Å². The van der Waals surface area contributed by atoms with Crippen LogP contribution < -0.4 is 10.1 Å². The minimum Gasteiger partial charge on any atom is -0.508 e. The lowest BCUT2D eigenvalue weighted by atomic mass is 9.76. The molecule has 26 heavy (non-hydrogen) atoms. The molecule has 130 valence electrons. The number of aromatic hydroxyl groups is 1. The Morgan fingerprint density at radius 3 is 2.85 bits per heavy atom. The number of methoxy groups -OCH3 is 1. The van der Waals surface area contributed by atoms with Crippen LogP contribution in [-0.2, 0) is 0 Å². The molecule has 3 atom stereocenters. The van der Waals surface area contributed by atoms with Gasteiger partial charge in [0, 0.05) is 17.2 Å². The quantitative estimate of drug-likeness (QED) is 0.614. The number of phenolic OH excluding ortho intramolecular Hbond substituents is 1. The fourth-order valence-corrected chi connectivity index (χ4v) is 4.60. The third kappa shape index (κ3) is 2.20. The first-order valence-electron chi connectivity index (χ1n) is 9.08. The molecule has 5 rings (SSSR count). The summed E-state index contributed by atoms with van der Waals surface area (Å²) in [6.45, 7) is 0. The summed E-state index contributed by atoms with van der Waals surface area (Å²) in [5.41, 5.74) is 3.40. The molecule has 0 saturated carbocycles. The van der Waals surface area contributed by atoms with Crippen molar-refractivity contribution in [3.05, 3.63) is 77.9 Å². The first-order chi connectivity index (χ1) is 12.8. The van der Waals surface area contributed by atoms with Crippen molar-refractivity contribution < 1.29 is 9.84 Å². The average Bonchev–Trinajstić information content (AvgIpc) is 3.17. The molecule has 3 aromatic carbocycles. The van der Waals surface area contributed by atoms with Gasteiger partial charge in [0.05, 0.1) is 13.2 Å². The van der Waals surface area contributed by atoms with Gasteiger partial charge in [-0.2, -0.15) is 0 Å². The van der Waals surface area contributed by atoms with Crippen molar-refractivity contribution in [3.8, 4) is 11.5 Å². The van der Waals surface area contributed by atoms with Crippen LogP contribution in [0.2, 0.25) is 0 Å². The zero-order valence-electron chi connectivity index (χ0n) is 14.6. The molecule has 0 amide bonds. The molecule has 0 spiro atoms. The Morgan fingerprint density at radius 2 is 1.96 bits per heavy atom. The van der Waals surface area contributed by atoms with E-state index in [2.05, 4.69) is 41.7 Å². The Kier molecular flexibility index (Phi) is 3.42. The van der Waals surface area contributed by atoms with Crippen molar-refractivity contribution in [1.82, 2.24) is 0 Å². The largest absolute Gasteiger partial charge is 0.508 e. The summed E-state index contributed by atoms with van der Waals surface area (Å²) in [6, 6.07) is 18.4. The number of anilines is 1. The van der Waals surface area contributed by atoms with E-state index in [0.717, 1.165) is 34.2 Å². The van der Waals surface area contributed by atoms with Gasteiger partial charge in [-0.1, -0.05) is 42.5 Å². The number of fused-ring (bicyclic) bond motifs is 4. The molecule has 2 N–H and O–H groups in total. The lowest BCUT2D eigenvalue weighted by molar-refractivity contribution is 0.397. The maximum atomic E-state index is 10.7. The molecule has 3 nitrogen and oxygen atoms in total. The Morgan fingerprint density at radius 1 is 1.08 bits per heavy atom. The van der Waals surface area contributed by atoms with Gasteiger partial charge in [-0.25, -0.2) is 0 Å². The molecule has 3 unspecified atom stereocenters. The maximum absolute atomic E-state index is 10.7. The monoisotopic (exact) mass is 343 g/mol. The molecule has 0 bridgehead atoms. The third-order valence-corrected chi connectivity index (χ3v) is 5.83. The smallest absolute Gasteiger partial charge is 0.121 e. The number of rotatable bonds is 2. The Balaban J connectivity index is 1.69. The van der Waals surface area contributed by atoms with Gasteiger partial charge in [0.15, 0.2) is 0 Å². The van der Waals surface area contributed by atoms with Gasteiger partial charge in [0.1, 0.15) is 11.5 Å².